The van der Waals surface area contributed by atoms with Crippen molar-refractivity contribution in [3.63, 3.8) is 0 Å². The van der Waals surface area contributed by atoms with Gasteiger partial charge in [0.2, 0.25) is 0 Å². The van der Waals surface area contributed by atoms with E-state index in [4.69, 9.17) is 5.73 Å². The molecule has 18 heavy (non-hydrogen) atoms. The predicted octanol–water partition coefficient (Wildman–Crippen LogP) is 0.869. The molecule has 0 radical (unpaired) electrons. The van der Waals surface area contributed by atoms with Crippen molar-refractivity contribution in [3.8, 4) is 0 Å². The minimum Gasteiger partial charge on any atom is -0.329 e. The van der Waals surface area contributed by atoms with Crippen molar-refractivity contribution in [1.29, 1.82) is 0 Å². The average molecular weight is 274 g/mol. The van der Waals surface area contributed by atoms with Gasteiger partial charge >= 0.3 is 0 Å². The molecular weight excluding hydrogens is 248 g/mol. The van der Waals surface area contributed by atoms with Gasteiger partial charge in [-0.1, -0.05) is 13.8 Å². The Morgan fingerprint density at radius 3 is 2.39 bits per heavy atom. The Kier molecular flexibility index (Phi) is 3.78. The first kappa shape index (κ1) is 14.3. The number of rotatable bonds is 4. The lowest BCUT2D eigenvalue weighted by Crippen LogP contribution is -2.64. The third-order valence-corrected chi connectivity index (χ3v) is 6.86. The van der Waals surface area contributed by atoms with E-state index in [0.717, 1.165) is 25.2 Å². The summed E-state index contributed by atoms with van der Waals surface area (Å²) in [6, 6.07) is 0.173. The second kappa shape index (κ2) is 4.76. The SMILES string of the molecule is CC(C)C1CC(CN)(N(C)C2CCS(=O)(=O)C2)C1. The molecule has 1 aliphatic heterocycles. The third kappa shape index (κ3) is 2.45. The minimum absolute atomic E-state index is 0.0550. The third-order valence-electron chi connectivity index (χ3n) is 5.11. The van der Waals surface area contributed by atoms with Gasteiger partial charge in [0.25, 0.3) is 0 Å². The molecule has 0 bridgehead atoms. The number of nitrogens with two attached hydrogens (primary N) is 1. The highest BCUT2D eigenvalue weighted by Gasteiger charge is 2.50. The van der Waals surface area contributed by atoms with Crippen LogP contribution in [-0.4, -0.2) is 50.0 Å². The molecule has 0 aromatic heterocycles. The van der Waals surface area contributed by atoms with Crippen molar-refractivity contribution in [3.05, 3.63) is 0 Å². The topological polar surface area (TPSA) is 63.4 Å². The van der Waals surface area contributed by atoms with Crippen LogP contribution in [0.15, 0.2) is 0 Å². The highest BCUT2D eigenvalue weighted by Crippen LogP contribution is 2.46. The Labute approximate surface area is 111 Å². The Bertz CT molecular complexity index is 399. The number of hydrogen-bond acceptors (Lipinski definition) is 4. The molecule has 2 fully saturated rings. The summed E-state index contributed by atoms with van der Waals surface area (Å²) in [4.78, 5) is 2.27. The summed E-state index contributed by atoms with van der Waals surface area (Å²) in [6.07, 6.45) is 3.01. The molecule has 2 rings (SSSR count). The molecule has 0 aromatic rings. The van der Waals surface area contributed by atoms with Crippen LogP contribution in [0.2, 0.25) is 0 Å². The van der Waals surface area contributed by atoms with Gasteiger partial charge in [-0.3, -0.25) is 4.90 Å². The van der Waals surface area contributed by atoms with Crippen LogP contribution >= 0.6 is 0 Å². The lowest BCUT2D eigenvalue weighted by molar-refractivity contribution is -0.0379. The van der Waals surface area contributed by atoms with Gasteiger partial charge in [0.05, 0.1) is 11.5 Å². The summed E-state index contributed by atoms with van der Waals surface area (Å²) in [5.74, 6) is 2.10. The summed E-state index contributed by atoms with van der Waals surface area (Å²) in [6.45, 7) is 5.15. The minimum atomic E-state index is -2.81. The van der Waals surface area contributed by atoms with Gasteiger partial charge in [-0.05, 0) is 38.1 Å². The van der Waals surface area contributed by atoms with E-state index in [1.54, 1.807) is 0 Å². The Balaban J connectivity index is 2.02. The zero-order valence-corrected chi connectivity index (χ0v) is 12.5. The van der Waals surface area contributed by atoms with Crippen LogP contribution in [0.5, 0.6) is 0 Å². The Hall–Kier alpha value is -0.130. The first-order valence-corrected chi connectivity index (χ1v) is 8.75. The number of hydrogen-bond donors (Lipinski definition) is 1. The van der Waals surface area contributed by atoms with Crippen LogP contribution in [0.25, 0.3) is 0 Å². The van der Waals surface area contributed by atoms with Gasteiger partial charge in [0.1, 0.15) is 0 Å². The molecule has 2 aliphatic rings. The Morgan fingerprint density at radius 1 is 1.39 bits per heavy atom. The maximum Gasteiger partial charge on any atom is 0.151 e. The zero-order chi connectivity index (χ0) is 13.6. The van der Waals surface area contributed by atoms with Gasteiger partial charge in [-0.25, -0.2) is 8.42 Å². The quantitative estimate of drug-likeness (QED) is 0.826. The Morgan fingerprint density at radius 2 is 2.00 bits per heavy atom. The smallest absolute Gasteiger partial charge is 0.151 e. The molecule has 0 spiro atoms. The standard InChI is InChI=1S/C13H26N2O2S/c1-10(2)11-6-13(7-11,9-14)15(3)12-4-5-18(16,17)8-12/h10-12H,4-9,14H2,1-3H3. The molecule has 1 aliphatic carbocycles. The van der Waals surface area contributed by atoms with Crippen molar-refractivity contribution in [2.75, 3.05) is 25.1 Å². The van der Waals surface area contributed by atoms with Crippen molar-refractivity contribution < 1.29 is 8.42 Å². The lowest BCUT2D eigenvalue weighted by Gasteiger charge is -2.56. The van der Waals surface area contributed by atoms with E-state index >= 15 is 0 Å². The van der Waals surface area contributed by atoms with E-state index in [1.165, 1.54) is 0 Å². The van der Waals surface area contributed by atoms with Gasteiger partial charge in [0.15, 0.2) is 9.84 Å². The molecule has 2 N–H and O–H groups in total. The second-order valence-corrected chi connectivity index (χ2v) is 8.74. The summed E-state index contributed by atoms with van der Waals surface area (Å²) < 4.78 is 23.2. The first-order valence-electron chi connectivity index (χ1n) is 6.93. The number of sulfone groups is 1. The summed E-state index contributed by atoms with van der Waals surface area (Å²) in [5, 5.41) is 0. The van der Waals surface area contributed by atoms with Crippen LogP contribution in [0.3, 0.4) is 0 Å². The number of nitrogens with zero attached hydrogens (tertiary/aromatic N) is 1. The molecule has 0 aromatic carbocycles. The van der Waals surface area contributed by atoms with Crippen molar-refractivity contribution in [2.24, 2.45) is 17.6 Å². The van der Waals surface area contributed by atoms with E-state index in [0.29, 0.717) is 24.0 Å². The highest BCUT2D eigenvalue weighted by atomic mass is 32.2. The van der Waals surface area contributed by atoms with Gasteiger partial charge in [-0.15, -0.1) is 0 Å². The summed E-state index contributed by atoms with van der Waals surface area (Å²) in [5.41, 5.74) is 6.03. The molecule has 1 saturated carbocycles. The fraction of sp³-hybridized carbons (Fsp3) is 1.00. The van der Waals surface area contributed by atoms with E-state index in [-0.39, 0.29) is 11.6 Å². The molecule has 1 saturated heterocycles. The van der Waals surface area contributed by atoms with E-state index < -0.39 is 9.84 Å². The fourth-order valence-corrected chi connectivity index (χ4v) is 5.23. The van der Waals surface area contributed by atoms with Crippen LogP contribution in [0, 0.1) is 11.8 Å². The monoisotopic (exact) mass is 274 g/mol. The molecule has 106 valence electrons. The first-order chi connectivity index (χ1) is 8.30. The maximum atomic E-state index is 11.6. The predicted molar refractivity (Wildman–Crippen MR) is 74.2 cm³/mol. The van der Waals surface area contributed by atoms with Crippen molar-refractivity contribution in [2.45, 2.75) is 44.7 Å². The van der Waals surface area contributed by atoms with Crippen molar-refractivity contribution in [1.82, 2.24) is 4.90 Å². The van der Waals surface area contributed by atoms with Crippen LogP contribution in [0.1, 0.15) is 33.1 Å². The van der Waals surface area contributed by atoms with Gasteiger partial charge < -0.3 is 5.73 Å². The molecule has 5 heteroatoms. The van der Waals surface area contributed by atoms with Crippen LogP contribution in [-0.2, 0) is 9.84 Å². The molecular formula is C13H26N2O2S. The summed E-state index contributed by atoms with van der Waals surface area (Å²) >= 11 is 0. The van der Waals surface area contributed by atoms with Gasteiger partial charge in [0, 0.05) is 18.1 Å². The molecule has 1 unspecified atom stereocenters. The lowest BCUT2D eigenvalue weighted by atomic mass is 9.63. The van der Waals surface area contributed by atoms with Crippen LogP contribution in [0.4, 0.5) is 0 Å². The van der Waals surface area contributed by atoms with E-state index in [1.807, 2.05) is 0 Å². The van der Waals surface area contributed by atoms with Crippen molar-refractivity contribution >= 4 is 9.84 Å². The molecule has 1 atom stereocenters. The summed E-state index contributed by atoms with van der Waals surface area (Å²) in [7, 11) is -0.741. The zero-order valence-electron chi connectivity index (χ0n) is 11.7. The highest BCUT2D eigenvalue weighted by molar-refractivity contribution is 7.91. The van der Waals surface area contributed by atoms with E-state index in [2.05, 4.69) is 25.8 Å². The van der Waals surface area contributed by atoms with E-state index in [9.17, 15) is 8.42 Å². The molecule has 1 heterocycles. The van der Waals surface area contributed by atoms with Gasteiger partial charge in [-0.2, -0.15) is 0 Å². The maximum absolute atomic E-state index is 11.6. The average Bonchev–Trinajstić information content (AvgIpc) is 2.57. The normalized spacial score (nSPS) is 39.2. The molecule has 4 nitrogen and oxygen atoms in total. The van der Waals surface area contributed by atoms with Crippen LogP contribution < -0.4 is 5.73 Å². The largest absolute Gasteiger partial charge is 0.329 e. The fourth-order valence-electron chi connectivity index (χ4n) is 3.45. The second-order valence-electron chi connectivity index (χ2n) is 6.51. The molecule has 0 amide bonds. The number of likely N-dealkylation sites (N-methyl/N-ethyl adjacent to an activating group) is 1.